The van der Waals surface area contributed by atoms with E-state index < -0.39 is 5.60 Å². The van der Waals surface area contributed by atoms with Crippen molar-refractivity contribution >= 4 is 0 Å². The van der Waals surface area contributed by atoms with Gasteiger partial charge in [0.25, 0.3) is 0 Å². The summed E-state index contributed by atoms with van der Waals surface area (Å²) >= 11 is 0. The maximum absolute atomic E-state index is 11.2. The molecule has 0 radical (unpaired) electrons. The van der Waals surface area contributed by atoms with Crippen LogP contribution < -0.4 is 0 Å². The molecule has 2 N–H and O–H groups in total. The fourth-order valence-corrected chi connectivity index (χ4v) is 5.64. The van der Waals surface area contributed by atoms with E-state index in [1.807, 2.05) is 0 Å². The van der Waals surface area contributed by atoms with Crippen molar-refractivity contribution in [2.45, 2.75) is 83.2 Å². The van der Waals surface area contributed by atoms with Crippen molar-refractivity contribution in [1.29, 1.82) is 0 Å². The first-order valence-electron chi connectivity index (χ1n) is 8.91. The van der Waals surface area contributed by atoms with Gasteiger partial charge in [-0.25, -0.2) is 0 Å². The van der Waals surface area contributed by atoms with Crippen LogP contribution in [-0.4, -0.2) is 22.4 Å². The van der Waals surface area contributed by atoms with Crippen molar-refractivity contribution in [3.05, 3.63) is 0 Å². The molecule has 3 saturated carbocycles. The molecule has 0 heterocycles. The van der Waals surface area contributed by atoms with Gasteiger partial charge in [-0.05, 0) is 56.3 Å². The van der Waals surface area contributed by atoms with Crippen LogP contribution in [0.25, 0.3) is 0 Å². The van der Waals surface area contributed by atoms with E-state index in [4.69, 9.17) is 0 Å². The molecule has 2 nitrogen and oxygen atoms in total. The summed E-state index contributed by atoms with van der Waals surface area (Å²) < 4.78 is 0. The molecule has 20 heavy (non-hydrogen) atoms. The van der Waals surface area contributed by atoms with Crippen LogP contribution in [0.15, 0.2) is 0 Å². The van der Waals surface area contributed by atoms with E-state index >= 15 is 0 Å². The Morgan fingerprint density at radius 3 is 2.40 bits per heavy atom. The minimum Gasteiger partial charge on any atom is -0.396 e. The van der Waals surface area contributed by atoms with E-state index in [-0.39, 0.29) is 12.0 Å². The van der Waals surface area contributed by atoms with Gasteiger partial charge in [-0.1, -0.05) is 39.0 Å². The average Bonchev–Trinajstić information content (AvgIpc) is 2.71. The largest absolute Gasteiger partial charge is 0.396 e. The number of fused-ring (bicyclic) bond motifs is 1. The van der Waals surface area contributed by atoms with Gasteiger partial charge < -0.3 is 10.2 Å². The van der Waals surface area contributed by atoms with Crippen molar-refractivity contribution in [2.24, 2.45) is 23.2 Å². The zero-order valence-electron chi connectivity index (χ0n) is 13.1. The van der Waals surface area contributed by atoms with Crippen molar-refractivity contribution in [3.63, 3.8) is 0 Å². The molecule has 0 aromatic rings. The van der Waals surface area contributed by atoms with Crippen LogP contribution in [0.5, 0.6) is 0 Å². The Morgan fingerprint density at radius 2 is 1.70 bits per heavy atom. The van der Waals surface area contributed by atoms with Crippen molar-refractivity contribution < 1.29 is 10.2 Å². The van der Waals surface area contributed by atoms with E-state index in [9.17, 15) is 10.2 Å². The Labute approximate surface area is 124 Å². The Hall–Kier alpha value is -0.0800. The van der Waals surface area contributed by atoms with E-state index in [1.165, 1.54) is 44.9 Å². The molecule has 3 aliphatic rings. The van der Waals surface area contributed by atoms with Crippen LogP contribution in [0.3, 0.4) is 0 Å². The van der Waals surface area contributed by atoms with Crippen LogP contribution in [-0.2, 0) is 0 Å². The first-order chi connectivity index (χ1) is 9.57. The molecule has 0 spiro atoms. The highest BCUT2D eigenvalue weighted by atomic mass is 16.3. The second kappa shape index (κ2) is 5.61. The molecule has 4 atom stereocenters. The van der Waals surface area contributed by atoms with E-state index in [2.05, 4.69) is 6.92 Å². The molecule has 3 rings (SSSR count). The topological polar surface area (TPSA) is 40.5 Å². The second-order valence-corrected chi connectivity index (χ2v) is 8.22. The van der Waals surface area contributed by atoms with Gasteiger partial charge in [0.15, 0.2) is 0 Å². The van der Waals surface area contributed by atoms with Gasteiger partial charge in [0.2, 0.25) is 0 Å². The highest BCUT2D eigenvalue weighted by Crippen LogP contribution is 2.59. The molecular formula is C18H32O2. The lowest BCUT2D eigenvalue weighted by molar-refractivity contribution is -0.122. The highest BCUT2D eigenvalue weighted by Gasteiger charge is 2.58. The minimum atomic E-state index is -0.488. The highest BCUT2D eigenvalue weighted by molar-refractivity contribution is 5.09. The molecule has 0 unspecified atom stereocenters. The Bertz CT molecular complexity index is 336. The maximum Gasteiger partial charge on any atom is 0.0707 e. The molecular weight excluding hydrogens is 248 g/mol. The monoisotopic (exact) mass is 280 g/mol. The fourth-order valence-electron chi connectivity index (χ4n) is 5.64. The third-order valence-corrected chi connectivity index (χ3v) is 7.18. The molecule has 0 aromatic heterocycles. The summed E-state index contributed by atoms with van der Waals surface area (Å²) in [4.78, 5) is 0. The van der Waals surface area contributed by atoms with Crippen LogP contribution in [0.2, 0.25) is 0 Å². The van der Waals surface area contributed by atoms with E-state index in [1.54, 1.807) is 0 Å². The van der Waals surface area contributed by atoms with Gasteiger partial charge in [-0.15, -0.1) is 0 Å². The average molecular weight is 280 g/mol. The predicted octanol–water partition coefficient (Wildman–Crippen LogP) is 3.90. The number of rotatable bonds is 3. The molecule has 0 aromatic carbocycles. The summed E-state index contributed by atoms with van der Waals surface area (Å²) in [6.45, 7) is 2.49. The number of hydrogen-bond donors (Lipinski definition) is 2. The fraction of sp³-hybridized carbons (Fsp3) is 1.00. The summed E-state index contributed by atoms with van der Waals surface area (Å²) in [5.41, 5.74) is -0.511. The summed E-state index contributed by atoms with van der Waals surface area (Å²) in [7, 11) is 0. The van der Waals surface area contributed by atoms with Gasteiger partial charge in [-0.2, -0.15) is 0 Å². The van der Waals surface area contributed by atoms with Gasteiger partial charge >= 0.3 is 0 Å². The lowest BCUT2D eigenvalue weighted by Crippen LogP contribution is -2.50. The molecule has 2 heteroatoms. The molecule has 0 saturated heterocycles. The number of aliphatic hydroxyl groups excluding tert-OH is 1. The Kier molecular flexibility index (Phi) is 4.16. The third-order valence-electron chi connectivity index (χ3n) is 7.18. The summed E-state index contributed by atoms with van der Waals surface area (Å²) in [6, 6.07) is 0. The van der Waals surface area contributed by atoms with Crippen LogP contribution in [0.1, 0.15) is 77.6 Å². The zero-order valence-corrected chi connectivity index (χ0v) is 13.1. The predicted molar refractivity (Wildman–Crippen MR) is 81.4 cm³/mol. The van der Waals surface area contributed by atoms with E-state index in [0.29, 0.717) is 5.92 Å². The van der Waals surface area contributed by atoms with Crippen LogP contribution in [0, 0.1) is 23.2 Å². The van der Waals surface area contributed by atoms with Gasteiger partial charge in [0.1, 0.15) is 0 Å². The van der Waals surface area contributed by atoms with Crippen molar-refractivity contribution in [2.75, 3.05) is 6.61 Å². The summed E-state index contributed by atoms with van der Waals surface area (Å²) in [6.07, 6.45) is 13.8. The smallest absolute Gasteiger partial charge is 0.0707 e. The third kappa shape index (κ3) is 2.43. The Morgan fingerprint density at radius 1 is 0.950 bits per heavy atom. The molecule has 3 aliphatic carbocycles. The molecule has 0 aliphatic heterocycles. The van der Waals surface area contributed by atoms with Crippen molar-refractivity contribution in [3.8, 4) is 0 Å². The quantitative estimate of drug-likeness (QED) is 0.823. The molecule has 0 amide bonds. The zero-order chi connectivity index (χ0) is 14.2. The lowest BCUT2D eigenvalue weighted by atomic mass is 9.59. The van der Waals surface area contributed by atoms with Crippen LogP contribution >= 0.6 is 0 Å². The number of hydrogen-bond acceptors (Lipinski definition) is 2. The molecule has 3 fully saturated rings. The van der Waals surface area contributed by atoms with Gasteiger partial charge in [-0.3, -0.25) is 0 Å². The SMILES string of the molecule is C[C@]12CC[C@H](CC3CCCCC3)C[C@@]1(O)CC[C@@H]2CO. The summed E-state index contributed by atoms with van der Waals surface area (Å²) in [5, 5.41) is 20.8. The standard InChI is InChI=1S/C18H32O2/c1-17-9-7-15(11-14-5-3-2-4-6-14)12-18(17,20)10-8-16(17)13-19/h14-16,19-20H,2-13H2,1H3/t15-,16-,17-,18+/m1/s1. The van der Waals surface area contributed by atoms with Crippen LogP contribution in [0.4, 0.5) is 0 Å². The minimum absolute atomic E-state index is 0.0230. The molecule has 116 valence electrons. The Balaban J connectivity index is 1.63. The second-order valence-electron chi connectivity index (χ2n) is 8.22. The molecule has 0 bridgehead atoms. The van der Waals surface area contributed by atoms with Gasteiger partial charge in [0.05, 0.1) is 5.60 Å². The lowest BCUT2D eigenvalue weighted by Gasteiger charge is -2.49. The first kappa shape index (κ1) is 14.8. The van der Waals surface area contributed by atoms with E-state index in [0.717, 1.165) is 37.5 Å². The number of aliphatic hydroxyl groups is 2. The maximum atomic E-state index is 11.2. The van der Waals surface area contributed by atoms with Gasteiger partial charge in [0, 0.05) is 12.0 Å². The van der Waals surface area contributed by atoms with Crippen molar-refractivity contribution in [1.82, 2.24) is 0 Å². The normalized spacial score (nSPS) is 46.4. The summed E-state index contributed by atoms with van der Waals surface area (Å²) in [5.74, 6) is 1.98. The first-order valence-corrected chi connectivity index (χ1v) is 8.91.